The van der Waals surface area contributed by atoms with E-state index in [0.29, 0.717) is 18.0 Å². The van der Waals surface area contributed by atoms with E-state index in [0.717, 1.165) is 11.3 Å². The second kappa shape index (κ2) is 7.04. The molecule has 1 aromatic carbocycles. The first kappa shape index (κ1) is 16.0. The summed E-state index contributed by atoms with van der Waals surface area (Å²) in [6.45, 7) is 2.62. The Kier molecular flexibility index (Phi) is 5.11. The molecule has 22 heavy (non-hydrogen) atoms. The van der Waals surface area contributed by atoms with Crippen molar-refractivity contribution in [3.05, 3.63) is 24.3 Å². The molecule has 1 aliphatic rings. The van der Waals surface area contributed by atoms with Crippen molar-refractivity contribution in [2.24, 2.45) is 5.73 Å². The minimum Gasteiger partial charge on any atom is -0.494 e. The monoisotopic (exact) mass is 306 g/mol. The highest BCUT2D eigenvalue weighted by atomic mass is 16.5. The molecule has 0 aliphatic carbocycles. The Morgan fingerprint density at radius 2 is 2.05 bits per heavy atom. The van der Waals surface area contributed by atoms with Crippen LogP contribution in [-0.2, 0) is 14.4 Å². The smallest absolute Gasteiger partial charge is 0.292 e. The van der Waals surface area contributed by atoms with Crippen LogP contribution in [0.25, 0.3) is 0 Å². The van der Waals surface area contributed by atoms with Crippen LogP contribution in [-0.4, -0.2) is 36.9 Å². The second-order valence-electron chi connectivity index (χ2n) is 5.13. The van der Waals surface area contributed by atoms with E-state index in [-0.39, 0.29) is 24.8 Å². The predicted molar refractivity (Wildman–Crippen MR) is 79.1 cm³/mol. The third-order valence-corrected chi connectivity index (χ3v) is 3.35. The Morgan fingerprint density at radius 1 is 1.36 bits per heavy atom. The molecule has 118 valence electrons. The van der Waals surface area contributed by atoms with Gasteiger partial charge in [0.25, 0.3) is 11.8 Å². The van der Waals surface area contributed by atoms with Gasteiger partial charge in [0.15, 0.2) is 12.6 Å². The van der Waals surface area contributed by atoms with Crippen LogP contribution in [0.3, 0.4) is 0 Å². The van der Waals surface area contributed by atoms with Crippen LogP contribution in [0.2, 0.25) is 0 Å². The van der Waals surface area contributed by atoms with Crippen molar-refractivity contribution in [3.8, 4) is 5.75 Å². The molecule has 1 aliphatic heterocycles. The predicted octanol–water partition coefficient (Wildman–Crippen LogP) is -0.844. The van der Waals surface area contributed by atoms with Gasteiger partial charge in [0.1, 0.15) is 5.75 Å². The third kappa shape index (κ3) is 3.62. The Balaban J connectivity index is 2.06. The molecular weight excluding hydrogens is 286 g/mol. The Bertz CT molecular complexity index is 571. The molecular formula is C15H20N3O4+. The van der Waals surface area contributed by atoms with Gasteiger partial charge in [0.05, 0.1) is 18.7 Å². The first-order valence-corrected chi connectivity index (χ1v) is 7.24. The standard InChI is InChI=1S/C15H19N3O4/c1-2-7-22-11-5-3-10(4-6-11)18-14(20)8-12(15(18)21)17-9-13(16)19/h3-6,12,17H,2,7-9H2,1H3,(H2,16,19)/p+1. The Hall–Kier alpha value is -2.41. The van der Waals surface area contributed by atoms with Gasteiger partial charge in [-0.1, -0.05) is 6.92 Å². The number of carbonyl (C=O) groups excluding carboxylic acids is 3. The Labute approximate surface area is 128 Å². The molecule has 7 nitrogen and oxygen atoms in total. The molecule has 0 spiro atoms. The Morgan fingerprint density at radius 3 is 2.64 bits per heavy atom. The number of anilines is 1. The molecule has 0 radical (unpaired) electrons. The molecule has 1 aromatic rings. The number of amides is 3. The molecule has 2 rings (SSSR count). The van der Waals surface area contributed by atoms with E-state index < -0.39 is 11.9 Å². The van der Waals surface area contributed by atoms with Crippen LogP contribution >= 0.6 is 0 Å². The number of carbonyl (C=O) groups is 3. The lowest BCUT2D eigenvalue weighted by molar-refractivity contribution is -0.663. The van der Waals surface area contributed by atoms with Crippen molar-refractivity contribution in [1.82, 2.24) is 0 Å². The quantitative estimate of drug-likeness (QED) is 0.640. The van der Waals surface area contributed by atoms with Crippen LogP contribution in [0.4, 0.5) is 5.69 Å². The summed E-state index contributed by atoms with van der Waals surface area (Å²) in [6, 6.07) is 6.23. The van der Waals surface area contributed by atoms with Gasteiger partial charge < -0.3 is 15.8 Å². The SMILES string of the molecule is CCCOc1ccc(N2C(=O)CC([NH2+]CC(N)=O)C2=O)cc1. The van der Waals surface area contributed by atoms with Crippen molar-refractivity contribution in [2.45, 2.75) is 25.8 Å². The second-order valence-corrected chi connectivity index (χ2v) is 5.13. The minimum absolute atomic E-state index is 0.0126. The number of hydrogen-bond donors (Lipinski definition) is 2. The lowest BCUT2D eigenvalue weighted by Gasteiger charge is -2.14. The van der Waals surface area contributed by atoms with Gasteiger partial charge in [-0.25, -0.2) is 4.90 Å². The van der Waals surface area contributed by atoms with Gasteiger partial charge in [0, 0.05) is 0 Å². The molecule has 1 unspecified atom stereocenters. The summed E-state index contributed by atoms with van der Waals surface area (Å²) in [4.78, 5) is 36.2. The highest BCUT2D eigenvalue weighted by Gasteiger charge is 2.42. The zero-order valence-electron chi connectivity index (χ0n) is 12.5. The maximum atomic E-state index is 12.3. The zero-order chi connectivity index (χ0) is 16.1. The van der Waals surface area contributed by atoms with Gasteiger partial charge in [-0.15, -0.1) is 0 Å². The fourth-order valence-corrected chi connectivity index (χ4v) is 2.28. The van der Waals surface area contributed by atoms with Crippen LogP contribution < -0.4 is 20.7 Å². The van der Waals surface area contributed by atoms with Gasteiger partial charge >= 0.3 is 0 Å². The highest BCUT2D eigenvalue weighted by Crippen LogP contribution is 2.24. The summed E-state index contributed by atoms with van der Waals surface area (Å²) in [5.41, 5.74) is 5.57. The fraction of sp³-hybridized carbons (Fsp3) is 0.400. The summed E-state index contributed by atoms with van der Waals surface area (Å²) < 4.78 is 5.47. The molecule has 0 bridgehead atoms. The number of imide groups is 1. The molecule has 0 saturated carbocycles. The highest BCUT2D eigenvalue weighted by molar-refractivity contribution is 6.21. The lowest BCUT2D eigenvalue weighted by atomic mass is 10.2. The van der Waals surface area contributed by atoms with Crippen molar-refractivity contribution < 1.29 is 24.4 Å². The minimum atomic E-state index is -0.587. The van der Waals surface area contributed by atoms with Crippen LogP contribution in [0.1, 0.15) is 19.8 Å². The zero-order valence-corrected chi connectivity index (χ0v) is 12.5. The maximum Gasteiger partial charge on any atom is 0.292 e. The van der Waals surface area contributed by atoms with Gasteiger partial charge in [0.2, 0.25) is 5.91 Å². The molecule has 0 aromatic heterocycles. The van der Waals surface area contributed by atoms with Crippen LogP contribution in [0, 0.1) is 0 Å². The first-order valence-electron chi connectivity index (χ1n) is 7.24. The summed E-state index contributed by atoms with van der Waals surface area (Å²) in [5, 5.41) is 1.50. The number of primary amides is 1. The van der Waals surface area contributed by atoms with E-state index in [2.05, 4.69) is 0 Å². The number of quaternary nitrogens is 1. The number of ether oxygens (including phenoxy) is 1. The average Bonchev–Trinajstić information content (AvgIpc) is 2.78. The van der Waals surface area contributed by atoms with Crippen LogP contribution in [0.15, 0.2) is 24.3 Å². The molecule has 1 atom stereocenters. The van der Waals surface area contributed by atoms with Crippen molar-refractivity contribution in [3.63, 3.8) is 0 Å². The number of nitrogens with two attached hydrogens (primary N) is 2. The number of nitrogens with zero attached hydrogens (tertiary/aromatic N) is 1. The van der Waals surface area contributed by atoms with E-state index in [4.69, 9.17) is 10.5 Å². The summed E-state index contributed by atoms with van der Waals surface area (Å²) in [6.07, 6.45) is 0.975. The van der Waals surface area contributed by atoms with E-state index >= 15 is 0 Å². The molecule has 1 heterocycles. The summed E-state index contributed by atoms with van der Waals surface area (Å²) >= 11 is 0. The molecule has 4 N–H and O–H groups in total. The lowest BCUT2D eigenvalue weighted by Crippen LogP contribution is -2.93. The maximum absolute atomic E-state index is 12.3. The van der Waals surface area contributed by atoms with Crippen molar-refractivity contribution >= 4 is 23.4 Å². The van der Waals surface area contributed by atoms with Gasteiger partial charge in [-0.3, -0.25) is 14.4 Å². The number of benzene rings is 1. The molecule has 1 saturated heterocycles. The van der Waals surface area contributed by atoms with E-state index in [1.165, 1.54) is 5.32 Å². The molecule has 7 heteroatoms. The van der Waals surface area contributed by atoms with Crippen molar-refractivity contribution in [2.75, 3.05) is 18.1 Å². The number of hydrogen-bond acceptors (Lipinski definition) is 4. The van der Waals surface area contributed by atoms with Gasteiger partial charge in [-0.05, 0) is 30.7 Å². The topological polar surface area (TPSA) is 106 Å². The average molecular weight is 306 g/mol. The molecule has 3 amide bonds. The molecule has 1 fully saturated rings. The third-order valence-electron chi connectivity index (χ3n) is 3.35. The first-order chi connectivity index (χ1) is 10.5. The van der Waals surface area contributed by atoms with Crippen molar-refractivity contribution in [1.29, 1.82) is 0 Å². The number of rotatable bonds is 7. The van der Waals surface area contributed by atoms with Gasteiger partial charge in [-0.2, -0.15) is 0 Å². The summed E-state index contributed by atoms with van der Waals surface area (Å²) in [5.74, 6) is -0.427. The fourth-order valence-electron chi connectivity index (χ4n) is 2.28. The van der Waals surface area contributed by atoms with E-state index in [9.17, 15) is 14.4 Å². The van der Waals surface area contributed by atoms with E-state index in [1.54, 1.807) is 24.3 Å². The summed E-state index contributed by atoms with van der Waals surface area (Å²) in [7, 11) is 0. The largest absolute Gasteiger partial charge is 0.494 e. The normalized spacial score (nSPS) is 17.9. The van der Waals surface area contributed by atoms with Crippen LogP contribution in [0.5, 0.6) is 5.75 Å². The van der Waals surface area contributed by atoms with E-state index in [1.807, 2.05) is 6.92 Å².